The van der Waals surface area contributed by atoms with Crippen LogP contribution in [0.25, 0.3) is 21.3 Å². The van der Waals surface area contributed by atoms with Crippen LogP contribution in [0.3, 0.4) is 0 Å². The van der Waals surface area contributed by atoms with E-state index < -0.39 is 17.2 Å². The Bertz CT molecular complexity index is 1350. The minimum atomic E-state index is -1.23. The second kappa shape index (κ2) is 6.97. The number of nitrogens with zero attached hydrogens (tertiary/aromatic N) is 1. The second-order valence-corrected chi connectivity index (χ2v) is 7.57. The minimum absolute atomic E-state index is 0.177. The molecule has 0 atom stereocenters. The quantitative estimate of drug-likeness (QED) is 0.501. The van der Waals surface area contributed by atoms with Crippen LogP contribution in [-0.2, 0) is 6.54 Å². The number of fused-ring (bicyclic) bond motifs is 1. The summed E-state index contributed by atoms with van der Waals surface area (Å²) >= 11 is 13.3. The van der Waals surface area contributed by atoms with E-state index in [-0.39, 0.29) is 18.1 Å². The van der Waals surface area contributed by atoms with Gasteiger partial charge >= 0.3 is 11.7 Å². The third-order valence-corrected chi connectivity index (χ3v) is 5.77. The second-order valence-electron chi connectivity index (χ2n) is 5.87. The Morgan fingerprint density at radius 3 is 2.64 bits per heavy atom. The largest absolute Gasteiger partial charge is 0.475 e. The number of hydrogen-bond acceptors (Lipinski definition) is 5. The summed E-state index contributed by atoms with van der Waals surface area (Å²) in [6.45, 7) is -0.200. The molecule has 3 aromatic heterocycles. The van der Waals surface area contributed by atoms with E-state index in [1.165, 1.54) is 23.5 Å². The van der Waals surface area contributed by atoms with Gasteiger partial charge in [-0.3, -0.25) is 14.3 Å². The molecule has 0 fully saturated rings. The summed E-state index contributed by atoms with van der Waals surface area (Å²) in [7, 11) is 0. The number of aromatic amines is 1. The number of aromatic nitrogens is 2. The van der Waals surface area contributed by atoms with Crippen molar-refractivity contribution in [2.45, 2.75) is 6.54 Å². The van der Waals surface area contributed by atoms with Gasteiger partial charge in [-0.2, -0.15) is 0 Å². The number of thiophene rings is 1. The maximum Gasteiger partial charge on any atom is 0.371 e. The topological polar surface area (TPSA) is 105 Å². The van der Waals surface area contributed by atoms with Crippen LogP contribution in [0, 0.1) is 0 Å². The van der Waals surface area contributed by atoms with Gasteiger partial charge in [-0.25, -0.2) is 9.59 Å². The lowest BCUT2D eigenvalue weighted by molar-refractivity contribution is 0.0660. The molecule has 0 aliphatic heterocycles. The number of rotatable bonds is 4. The Hall–Kier alpha value is -2.81. The number of furan rings is 1. The Labute approximate surface area is 170 Å². The molecule has 10 heteroatoms. The number of halogens is 2. The van der Waals surface area contributed by atoms with Crippen molar-refractivity contribution in [2.24, 2.45) is 0 Å². The smallest absolute Gasteiger partial charge is 0.371 e. The maximum absolute atomic E-state index is 13.0. The van der Waals surface area contributed by atoms with E-state index in [2.05, 4.69) is 4.98 Å². The molecule has 0 aliphatic carbocycles. The highest BCUT2D eigenvalue weighted by atomic mass is 35.5. The van der Waals surface area contributed by atoms with Gasteiger partial charge in [0.1, 0.15) is 10.6 Å². The molecule has 0 saturated heterocycles. The fourth-order valence-corrected chi connectivity index (χ4v) is 4.06. The fourth-order valence-electron chi connectivity index (χ4n) is 2.81. The van der Waals surface area contributed by atoms with Crippen LogP contribution in [0.2, 0.25) is 10.0 Å². The van der Waals surface area contributed by atoms with Gasteiger partial charge in [0.15, 0.2) is 0 Å². The normalized spacial score (nSPS) is 11.2. The zero-order chi connectivity index (χ0) is 20.0. The summed E-state index contributed by atoms with van der Waals surface area (Å²) in [6.07, 6.45) is 0. The highest BCUT2D eigenvalue weighted by Gasteiger charge is 2.17. The molecule has 0 unspecified atom stereocenters. The SMILES string of the molecule is O=C(O)c1ccc(Cn2c(=O)[nH]c3scc(-c4ccc(Cl)c(Cl)c4)c3c2=O)o1. The first kappa shape index (κ1) is 18.5. The maximum atomic E-state index is 13.0. The Morgan fingerprint density at radius 2 is 1.96 bits per heavy atom. The van der Waals surface area contributed by atoms with Crippen LogP contribution < -0.4 is 11.2 Å². The molecule has 142 valence electrons. The van der Waals surface area contributed by atoms with E-state index in [1.807, 2.05) is 0 Å². The van der Waals surface area contributed by atoms with E-state index >= 15 is 0 Å². The molecule has 28 heavy (non-hydrogen) atoms. The molecule has 1 aromatic carbocycles. The molecule has 0 bridgehead atoms. The number of aromatic carboxylic acids is 1. The number of carboxylic acid groups (broad SMARTS) is 1. The van der Waals surface area contributed by atoms with Crippen LogP contribution >= 0.6 is 34.5 Å². The molecule has 0 radical (unpaired) electrons. The molecule has 4 aromatic rings. The molecule has 0 aliphatic rings. The van der Waals surface area contributed by atoms with Gasteiger partial charge in [-0.15, -0.1) is 11.3 Å². The number of H-pyrrole nitrogens is 1. The first-order valence-electron chi connectivity index (χ1n) is 7.87. The summed E-state index contributed by atoms with van der Waals surface area (Å²) in [4.78, 5) is 39.4. The summed E-state index contributed by atoms with van der Waals surface area (Å²) < 4.78 is 6.11. The Morgan fingerprint density at radius 1 is 1.18 bits per heavy atom. The van der Waals surface area contributed by atoms with Gasteiger partial charge in [0, 0.05) is 10.9 Å². The van der Waals surface area contributed by atoms with Crippen molar-refractivity contribution in [3.8, 4) is 11.1 Å². The number of carboxylic acids is 1. The van der Waals surface area contributed by atoms with Crippen LogP contribution in [0.15, 0.2) is 49.7 Å². The van der Waals surface area contributed by atoms with Crippen LogP contribution in [0.4, 0.5) is 0 Å². The molecule has 7 nitrogen and oxygen atoms in total. The number of benzene rings is 1. The highest BCUT2D eigenvalue weighted by Crippen LogP contribution is 2.34. The monoisotopic (exact) mass is 436 g/mol. The van der Waals surface area contributed by atoms with Crippen molar-refractivity contribution in [3.05, 3.63) is 78.1 Å². The van der Waals surface area contributed by atoms with E-state index in [0.717, 1.165) is 4.57 Å². The average Bonchev–Trinajstić information content (AvgIpc) is 3.28. The molecule has 2 N–H and O–H groups in total. The van der Waals surface area contributed by atoms with E-state index in [1.54, 1.807) is 23.6 Å². The zero-order valence-corrected chi connectivity index (χ0v) is 16.2. The van der Waals surface area contributed by atoms with Crippen molar-refractivity contribution in [3.63, 3.8) is 0 Å². The lowest BCUT2D eigenvalue weighted by atomic mass is 10.1. The molecule has 0 amide bonds. The summed E-state index contributed by atoms with van der Waals surface area (Å²) in [6, 6.07) is 7.68. The van der Waals surface area contributed by atoms with Gasteiger partial charge in [0.2, 0.25) is 5.76 Å². The molecular weight excluding hydrogens is 427 g/mol. The van der Waals surface area contributed by atoms with Crippen LogP contribution in [0.5, 0.6) is 0 Å². The fraction of sp³-hybridized carbons (Fsp3) is 0.0556. The van der Waals surface area contributed by atoms with Gasteiger partial charge in [0.25, 0.3) is 5.56 Å². The molecule has 0 saturated carbocycles. The summed E-state index contributed by atoms with van der Waals surface area (Å²) in [5, 5.41) is 11.8. The molecule has 0 spiro atoms. The standard InChI is InChI=1S/C18H10Cl2N2O5S/c19-11-3-1-8(5-12(11)20)10-7-28-15-14(10)16(23)22(18(26)21-15)6-9-2-4-13(27-9)17(24)25/h1-5,7H,6H2,(H,21,26)(H,24,25). The highest BCUT2D eigenvalue weighted by molar-refractivity contribution is 7.17. The predicted octanol–water partition coefficient (Wildman–Crippen LogP) is 4.06. The molecule has 3 heterocycles. The van der Waals surface area contributed by atoms with Gasteiger partial charge in [-0.1, -0.05) is 29.3 Å². The van der Waals surface area contributed by atoms with Crippen molar-refractivity contribution in [1.82, 2.24) is 9.55 Å². The van der Waals surface area contributed by atoms with Crippen molar-refractivity contribution < 1.29 is 14.3 Å². The molecular formula is C18H10Cl2N2O5S. The lowest BCUT2D eigenvalue weighted by Crippen LogP contribution is -2.35. The van der Waals surface area contributed by atoms with Crippen molar-refractivity contribution in [1.29, 1.82) is 0 Å². The number of carbonyl (C=O) groups is 1. The summed E-state index contributed by atoms with van der Waals surface area (Å²) in [5.41, 5.74) is 0.157. The first-order chi connectivity index (χ1) is 13.3. The first-order valence-corrected chi connectivity index (χ1v) is 9.50. The number of nitrogens with one attached hydrogen (secondary N) is 1. The zero-order valence-electron chi connectivity index (χ0n) is 13.9. The third kappa shape index (κ3) is 3.15. The molecule has 4 rings (SSSR count). The number of hydrogen-bond donors (Lipinski definition) is 2. The minimum Gasteiger partial charge on any atom is -0.475 e. The van der Waals surface area contributed by atoms with Crippen LogP contribution in [-0.4, -0.2) is 20.6 Å². The Balaban J connectivity index is 1.86. The van der Waals surface area contributed by atoms with Gasteiger partial charge < -0.3 is 9.52 Å². The van der Waals surface area contributed by atoms with E-state index in [4.69, 9.17) is 32.7 Å². The van der Waals surface area contributed by atoms with Gasteiger partial charge in [0.05, 0.1) is 22.0 Å². The summed E-state index contributed by atoms with van der Waals surface area (Å²) in [5.74, 6) is -1.33. The van der Waals surface area contributed by atoms with E-state index in [9.17, 15) is 14.4 Å². The average molecular weight is 437 g/mol. The third-order valence-electron chi connectivity index (χ3n) is 4.13. The van der Waals surface area contributed by atoms with Crippen molar-refractivity contribution in [2.75, 3.05) is 0 Å². The Kier molecular flexibility index (Phi) is 4.62. The predicted molar refractivity (Wildman–Crippen MR) is 107 cm³/mol. The lowest BCUT2D eigenvalue weighted by Gasteiger charge is -2.05. The van der Waals surface area contributed by atoms with Gasteiger partial charge in [-0.05, 0) is 29.8 Å². The van der Waals surface area contributed by atoms with Crippen molar-refractivity contribution >= 4 is 50.7 Å². The van der Waals surface area contributed by atoms with Crippen LogP contribution in [0.1, 0.15) is 16.3 Å². The van der Waals surface area contributed by atoms with E-state index in [0.29, 0.717) is 31.4 Å².